The highest BCUT2D eigenvalue weighted by Gasteiger charge is 2.11. The lowest BCUT2D eigenvalue weighted by molar-refractivity contribution is 0.468. The van der Waals surface area contributed by atoms with E-state index in [0.29, 0.717) is 5.37 Å². The van der Waals surface area contributed by atoms with Gasteiger partial charge in [-0.25, -0.2) is 0 Å². The highest BCUT2D eigenvalue weighted by atomic mass is 32.2. The predicted octanol–water partition coefficient (Wildman–Crippen LogP) is 0.997. The molecule has 6 heteroatoms. The van der Waals surface area contributed by atoms with Gasteiger partial charge in [-0.15, -0.1) is 11.8 Å². The van der Waals surface area contributed by atoms with E-state index >= 15 is 0 Å². The van der Waals surface area contributed by atoms with Gasteiger partial charge in [0.05, 0.1) is 5.37 Å². The average Bonchev–Trinajstić information content (AvgIpc) is 2.05. The van der Waals surface area contributed by atoms with Crippen molar-refractivity contribution < 1.29 is 0 Å². The first-order valence-electron chi connectivity index (χ1n) is 3.13. The van der Waals surface area contributed by atoms with Gasteiger partial charge in [0.25, 0.3) is 0 Å². The monoisotopic (exact) mass is 213 g/mol. The molecule has 0 aromatic heterocycles. The molecule has 0 saturated heterocycles. The molecule has 0 saturated carbocycles. The number of nitrogens with zero attached hydrogens (tertiary/aromatic N) is 1. The van der Waals surface area contributed by atoms with Crippen molar-refractivity contribution >= 4 is 35.7 Å². The van der Waals surface area contributed by atoms with Crippen molar-refractivity contribution in [1.82, 2.24) is 9.14 Å². The molecule has 0 aliphatic heterocycles. The van der Waals surface area contributed by atoms with Crippen molar-refractivity contribution in [1.29, 1.82) is 0 Å². The molecular weight excluding hydrogens is 198 g/mol. The van der Waals surface area contributed by atoms with Crippen LogP contribution in [0.1, 0.15) is 0 Å². The Kier molecular flexibility index (Phi) is 8.21. The summed E-state index contributed by atoms with van der Waals surface area (Å²) in [5.74, 6) is 5.69. The van der Waals surface area contributed by atoms with Crippen LogP contribution in [0.15, 0.2) is 0 Å². The van der Waals surface area contributed by atoms with E-state index in [1.54, 1.807) is 40.1 Å². The van der Waals surface area contributed by atoms with Crippen LogP contribution < -0.4 is 10.6 Å². The van der Waals surface area contributed by atoms with Gasteiger partial charge in [-0.05, 0) is 18.8 Å². The molecule has 3 nitrogen and oxygen atoms in total. The van der Waals surface area contributed by atoms with Gasteiger partial charge < -0.3 is 0 Å². The Labute approximate surface area is 81.5 Å². The molecular formula is C5H15N3S3. The van der Waals surface area contributed by atoms with Gasteiger partial charge in [-0.3, -0.25) is 10.6 Å². The Morgan fingerprint density at radius 3 is 2.45 bits per heavy atom. The Hall–Kier alpha value is 0.930. The van der Waals surface area contributed by atoms with E-state index in [0.717, 1.165) is 6.54 Å². The summed E-state index contributed by atoms with van der Waals surface area (Å²) in [4.78, 5) is 0. The molecule has 0 radical (unpaired) electrons. The minimum Gasteiger partial charge on any atom is -0.262 e. The van der Waals surface area contributed by atoms with E-state index in [1.807, 2.05) is 12.5 Å². The zero-order valence-corrected chi connectivity index (χ0v) is 9.48. The molecule has 0 spiro atoms. The van der Waals surface area contributed by atoms with E-state index in [4.69, 9.17) is 5.84 Å². The fourth-order valence-corrected chi connectivity index (χ4v) is 2.26. The molecule has 0 aromatic rings. The summed E-state index contributed by atoms with van der Waals surface area (Å²) in [5, 5.41) is 0.345. The largest absolute Gasteiger partial charge is 0.262 e. The summed E-state index contributed by atoms with van der Waals surface area (Å²) in [7, 11) is 0. The lowest BCUT2D eigenvalue weighted by Gasteiger charge is -2.22. The van der Waals surface area contributed by atoms with Crippen molar-refractivity contribution in [3.8, 4) is 0 Å². The van der Waals surface area contributed by atoms with Crippen LogP contribution in [0.5, 0.6) is 0 Å². The maximum absolute atomic E-state index is 5.69. The molecule has 0 aliphatic rings. The molecule has 3 N–H and O–H groups in total. The summed E-state index contributed by atoms with van der Waals surface area (Å²) < 4.78 is 4.93. The quantitative estimate of drug-likeness (QED) is 0.297. The Morgan fingerprint density at radius 1 is 1.45 bits per heavy atom. The van der Waals surface area contributed by atoms with E-state index in [1.165, 1.54) is 0 Å². The van der Waals surface area contributed by atoms with Crippen LogP contribution >= 0.6 is 35.7 Å². The minimum absolute atomic E-state index is 0.345. The van der Waals surface area contributed by atoms with Crippen molar-refractivity contribution in [2.45, 2.75) is 5.37 Å². The Balaban J connectivity index is 3.56. The second kappa shape index (κ2) is 7.57. The third-order valence-corrected chi connectivity index (χ3v) is 3.37. The normalized spacial score (nSPS) is 13.9. The number of hydrogen-bond donors (Lipinski definition) is 2. The summed E-state index contributed by atoms with van der Waals surface area (Å²) in [5.41, 5.74) is 0. The van der Waals surface area contributed by atoms with E-state index in [9.17, 15) is 0 Å². The number of thioether (sulfide) groups is 1. The lowest BCUT2D eigenvalue weighted by atomic mass is 10.7. The Bertz CT molecular complexity index is 93.0. The van der Waals surface area contributed by atoms with Crippen LogP contribution in [0, 0.1) is 0 Å². The first kappa shape index (κ1) is 11.9. The topological polar surface area (TPSA) is 41.3 Å². The van der Waals surface area contributed by atoms with Gasteiger partial charge in [-0.2, -0.15) is 4.41 Å². The van der Waals surface area contributed by atoms with Crippen LogP contribution in [-0.4, -0.2) is 35.1 Å². The SMILES string of the molecule is CSNCC(SC)N(N)SC. The summed E-state index contributed by atoms with van der Waals surface area (Å²) in [6.07, 6.45) is 6.04. The second-order valence-corrected chi connectivity index (χ2v) is 4.28. The highest BCUT2D eigenvalue weighted by molar-refractivity contribution is 8.01. The smallest absolute Gasteiger partial charge is 0.0937 e. The number of nitrogens with two attached hydrogens (primary N) is 1. The fraction of sp³-hybridized carbons (Fsp3) is 1.00. The van der Waals surface area contributed by atoms with Gasteiger partial charge in [-0.1, -0.05) is 23.9 Å². The van der Waals surface area contributed by atoms with E-state index in [-0.39, 0.29) is 0 Å². The van der Waals surface area contributed by atoms with Crippen LogP contribution in [0.25, 0.3) is 0 Å². The van der Waals surface area contributed by atoms with Crippen LogP contribution in [0.2, 0.25) is 0 Å². The lowest BCUT2D eigenvalue weighted by Crippen LogP contribution is -2.38. The van der Waals surface area contributed by atoms with Gasteiger partial charge in [0, 0.05) is 6.54 Å². The Morgan fingerprint density at radius 2 is 2.09 bits per heavy atom. The molecule has 0 heterocycles. The fourth-order valence-electron chi connectivity index (χ4n) is 0.549. The van der Waals surface area contributed by atoms with Gasteiger partial charge >= 0.3 is 0 Å². The highest BCUT2D eigenvalue weighted by Crippen LogP contribution is 2.14. The predicted molar refractivity (Wildman–Crippen MR) is 58.4 cm³/mol. The van der Waals surface area contributed by atoms with Crippen molar-refractivity contribution in [2.75, 3.05) is 25.3 Å². The number of hydrazine groups is 1. The molecule has 68 valence electrons. The first-order chi connectivity index (χ1) is 5.26. The summed E-state index contributed by atoms with van der Waals surface area (Å²) in [6, 6.07) is 0. The van der Waals surface area contributed by atoms with Gasteiger partial charge in [0.2, 0.25) is 0 Å². The van der Waals surface area contributed by atoms with Crippen molar-refractivity contribution in [3.63, 3.8) is 0 Å². The average molecular weight is 213 g/mol. The molecule has 1 unspecified atom stereocenters. The molecule has 0 bridgehead atoms. The standard InChI is InChI=1S/C5H15N3S3/c1-9-5(4-7-10-2)8(6)11-3/h5,7H,4,6H2,1-3H3. The zero-order valence-electron chi connectivity index (χ0n) is 7.03. The van der Waals surface area contributed by atoms with Gasteiger partial charge in [0.1, 0.15) is 0 Å². The van der Waals surface area contributed by atoms with Crippen LogP contribution in [0.4, 0.5) is 0 Å². The zero-order chi connectivity index (χ0) is 8.69. The number of rotatable bonds is 6. The molecule has 0 aliphatic carbocycles. The number of hydrogen-bond acceptors (Lipinski definition) is 6. The number of nitrogens with one attached hydrogen (secondary N) is 1. The van der Waals surface area contributed by atoms with Crippen molar-refractivity contribution in [2.24, 2.45) is 5.84 Å². The third-order valence-electron chi connectivity index (χ3n) is 1.17. The van der Waals surface area contributed by atoms with Crippen LogP contribution in [-0.2, 0) is 0 Å². The van der Waals surface area contributed by atoms with Gasteiger partial charge in [0.15, 0.2) is 0 Å². The molecule has 0 rings (SSSR count). The summed E-state index contributed by atoms with van der Waals surface area (Å²) in [6.45, 7) is 0.902. The summed E-state index contributed by atoms with van der Waals surface area (Å²) >= 11 is 4.91. The molecule has 0 aromatic carbocycles. The third kappa shape index (κ3) is 5.21. The minimum atomic E-state index is 0.345. The second-order valence-electron chi connectivity index (χ2n) is 1.79. The molecule has 0 fully saturated rings. The molecule has 0 amide bonds. The van der Waals surface area contributed by atoms with E-state index < -0.39 is 0 Å². The van der Waals surface area contributed by atoms with Crippen molar-refractivity contribution in [3.05, 3.63) is 0 Å². The molecule has 11 heavy (non-hydrogen) atoms. The molecule has 1 atom stereocenters. The maximum Gasteiger partial charge on any atom is 0.0937 e. The maximum atomic E-state index is 5.69. The van der Waals surface area contributed by atoms with Crippen LogP contribution in [0.3, 0.4) is 0 Å². The first-order valence-corrected chi connectivity index (χ1v) is 6.82. The van der Waals surface area contributed by atoms with E-state index in [2.05, 4.69) is 11.0 Å².